The lowest BCUT2D eigenvalue weighted by Gasteiger charge is -2.15. The predicted molar refractivity (Wildman–Crippen MR) is 119 cm³/mol. The Balaban J connectivity index is 1.77. The molecule has 156 valence electrons. The Kier molecular flexibility index (Phi) is 5.54. The Labute approximate surface area is 181 Å². The molecule has 1 aliphatic rings. The van der Waals surface area contributed by atoms with Gasteiger partial charge in [-0.1, -0.05) is 30.3 Å². The molecule has 0 atom stereocenters. The normalized spacial score (nSPS) is 13.7. The molecule has 0 saturated carbocycles. The molecule has 0 fully saturated rings. The van der Waals surface area contributed by atoms with E-state index in [0.717, 1.165) is 22.4 Å². The Morgan fingerprint density at radius 1 is 1.00 bits per heavy atom. The standard InChI is InChI=1S/C25H23N3O3/c1-16-6-7-17(2)21(13-16)27-23-22(19-8-10-20(31-3)11-9-19)24(29)28(25(23)30)15-18-5-4-12-26-14-18/h4-14,27H,15H2,1-3H3. The van der Waals surface area contributed by atoms with E-state index >= 15 is 0 Å². The second-order valence-corrected chi connectivity index (χ2v) is 7.48. The van der Waals surface area contributed by atoms with Crippen LogP contribution in [0.25, 0.3) is 5.57 Å². The van der Waals surface area contributed by atoms with Crippen molar-refractivity contribution in [3.63, 3.8) is 0 Å². The largest absolute Gasteiger partial charge is 0.497 e. The first-order valence-electron chi connectivity index (χ1n) is 9.96. The average Bonchev–Trinajstić information content (AvgIpc) is 3.01. The molecule has 1 aliphatic heterocycles. The number of hydrogen-bond acceptors (Lipinski definition) is 5. The van der Waals surface area contributed by atoms with Gasteiger partial charge in [-0.15, -0.1) is 0 Å². The van der Waals surface area contributed by atoms with Crippen molar-refractivity contribution in [3.05, 3.63) is 94.9 Å². The number of benzene rings is 2. The zero-order valence-electron chi connectivity index (χ0n) is 17.7. The number of methoxy groups -OCH3 is 1. The van der Waals surface area contributed by atoms with E-state index in [0.29, 0.717) is 16.9 Å². The molecule has 4 rings (SSSR count). The number of carbonyl (C=O) groups excluding carboxylic acids is 2. The topological polar surface area (TPSA) is 71.5 Å². The third kappa shape index (κ3) is 4.05. The fourth-order valence-electron chi connectivity index (χ4n) is 3.54. The van der Waals surface area contributed by atoms with Gasteiger partial charge in [-0.2, -0.15) is 0 Å². The van der Waals surface area contributed by atoms with Gasteiger partial charge in [-0.3, -0.25) is 19.5 Å². The van der Waals surface area contributed by atoms with Crippen molar-refractivity contribution in [2.45, 2.75) is 20.4 Å². The van der Waals surface area contributed by atoms with Crippen LogP contribution in [0.15, 0.2) is 72.7 Å². The van der Waals surface area contributed by atoms with Crippen molar-refractivity contribution in [1.82, 2.24) is 9.88 Å². The van der Waals surface area contributed by atoms with E-state index in [2.05, 4.69) is 10.3 Å². The lowest BCUT2D eigenvalue weighted by molar-refractivity contribution is -0.137. The van der Waals surface area contributed by atoms with Gasteiger partial charge in [0.05, 0.1) is 19.2 Å². The number of nitrogens with one attached hydrogen (secondary N) is 1. The lowest BCUT2D eigenvalue weighted by Crippen LogP contribution is -2.32. The third-order valence-electron chi connectivity index (χ3n) is 5.26. The number of nitrogens with zero attached hydrogens (tertiary/aromatic N) is 2. The van der Waals surface area contributed by atoms with Crippen LogP contribution in [0.4, 0.5) is 5.69 Å². The second-order valence-electron chi connectivity index (χ2n) is 7.48. The maximum Gasteiger partial charge on any atom is 0.278 e. The average molecular weight is 413 g/mol. The molecule has 2 amide bonds. The van der Waals surface area contributed by atoms with Gasteiger partial charge in [0.25, 0.3) is 11.8 Å². The molecule has 6 heteroatoms. The minimum atomic E-state index is -0.361. The predicted octanol–water partition coefficient (Wildman–Crippen LogP) is 4.10. The highest BCUT2D eigenvalue weighted by atomic mass is 16.5. The van der Waals surface area contributed by atoms with Gasteiger partial charge in [0.1, 0.15) is 11.4 Å². The molecule has 2 aromatic carbocycles. The summed E-state index contributed by atoms with van der Waals surface area (Å²) in [6.07, 6.45) is 3.31. The maximum absolute atomic E-state index is 13.4. The molecule has 3 aromatic rings. The zero-order chi connectivity index (χ0) is 22.0. The number of amides is 2. The first-order valence-corrected chi connectivity index (χ1v) is 9.96. The first-order chi connectivity index (χ1) is 15.0. The van der Waals surface area contributed by atoms with Crippen molar-refractivity contribution in [1.29, 1.82) is 0 Å². The minimum absolute atomic E-state index is 0.156. The van der Waals surface area contributed by atoms with Gasteiger partial charge in [-0.25, -0.2) is 0 Å². The van der Waals surface area contributed by atoms with Crippen molar-refractivity contribution < 1.29 is 14.3 Å². The summed E-state index contributed by atoms with van der Waals surface area (Å²) in [4.78, 5) is 32.1. The summed E-state index contributed by atoms with van der Waals surface area (Å²) in [6, 6.07) is 16.7. The molecular weight excluding hydrogens is 390 g/mol. The molecule has 31 heavy (non-hydrogen) atoms. The SMILES string of the molecule is COc1ccc(C2=C(Nc3cc(C)ccc3C)C(=O)N(Cc3cccnc3)C2=O)cc1. The third-order valence-corrected chi connectivity index (χ3v) is 5.26. The number of pyridine rings is 1. The summed E-state index contributed by atoms with van der Waals surface area (Å²) in [7, 11) is 1.58. The first kappa shape index (κ1) is 20.3. The maximum atomic E-state index is 13.4. The van der Waals surface area contributed by atoms with Gasteiger partial charge in [-0.05, 0) is 60.4 Å². The van der Waals surface area contributed by atoms with E-state index in [1.54, 1.807) is 49.8 Å². The number of rotatable bonds is 6. The molecule has 0 radical (unpaired) electrons. The van der Waals surface area contributed by atoms with Crippen molar-refractivity contribution in [2.24, 2.45) is 0 Å². The molecule has 0 bridgehead atoms. The van der Waals surface area contributed by atoms with Crippen LogP contribution in [0.2, 0.25) is 0 Å². The van der Waals surface area contributed by atoms with Crippen LogP contribution < -0.4 is 10.1 Å². The Bertz CT molecular complexity index is 1170. The monoisotopic (exact) mass is 413 g/mol. The number of aryl methyl sites for hydroxylation is 2. The minimum Gasteiger partial charge on any atom is -0.497 e. The zero-order valence-corrected chi connectivity index (χ0v) is 17.7. The number of anilines is 1. The molecule has 0 spiro atoms. The van der Waals surface area contributed by atoms with Gasteiger partial charge in [0.2, 0.25) is 0 Å². The number of hydrogen-bond donors (Lipinski definition) is 1. The summed E-state index contributed by atoms with van der Waals surface area (Å²) in [6.45, 7) is 4.10. The smallest absolute Gasteiger partial charge is 0.278 e. The van der Waals surface area contributed by atoms with E-state index in [9.17, 15) is 9.59 Å². The molecule has 0 unspecified atom stereocenters. The summed E-state index contributed by atoms with van der Waals surface area (Å²) in [5, 5.41) is 3.24. The van der Waals surface area contributed by atoms with Gasteiger partial charge >= 0.3 is 0 Å². The van der Waals surface area contributed by atoms with Crippen LogP contribution in [0.3, 0.4) is 0 Å². The van der Waals surface area contributed by atoms with Crippen molar-refractivity contribution in [2.75, 3.05) is 12.4 Å². The number of aromatic nitrogens is 1. The summed E-state index contributed by atoms with van der Waals surface area (Å²) in [5.41, 5.74) is 4.89. The fraction of sp³-hybridized carbons (Fsp3) is 0.160. The molecule has 1 N–H and O–H groups in total. The van der Waals surface area contributed by atoms with Gasteiger partial charge < -0.3 is 10.1 Å². The quantitative estimate of drug-likeness (QED) is 0.616. The molecular formula is C25H23N3O3. The highest BCUT2D eigenvalue weighted by molar-refractivity contribution is 6.36. The van der Waals surface area contributed by atoms with Crippen LogP contribution in [0.1, 0.15) is 22.3 Å². The van der Waals surface area contributed by atoms with E-state index in [4.69, 9.17) is 4.74 Å². The number of imide groups is 1. The summed E-state index contributed by atoms with van der Waals surface area (Å²) < 4.78 is 5.23. The van der Waals surface area contributed by atoms with Crippen molar-refractivity contribution in [3.8, 4) is 5.75 Å². The van der Waals surface area contributed by atoms with Gasteiger partial charge in [0.15, 0.2) is 0 Å². The van der Waals surface area contributed by atoms with Crippen molar-refractivity contribution >= 4 is 23.1 Å². The van der Waals surface area contributed by atoms with E-state index in [-0.39, 0.29) is 24.1 Å². The van der Waals surface area contributed by atoms with E-state index in [1.807, 2.05) is 38.1 Å². The second kappa shape index (κ2) is 8.44. The van der Waals surface area contributed by atoms with E-state index < -0.39 is 0 Å². The van der Waals surface area contributed by atoms with Crippen LogP contribution in [-0.4, -0.2) is 28.8 Å². The Hall–Kier alpha value is -3.93. The van der Waals surface area contributed by atoms with Crippen LogP contribution in [-0.2, 0) is 16.1 Å². The molecule has 1 aromatic heterocycles. The van der Waals surface area contributed by atoms with Crippen LogP contribution >= 0.6 is 0 Å². The summed E-state index contributed by atoms with van der Waals surface area (Å²) in [5.74, 6) is -0.0234. The Morgan fingerprint density at radius 2 is 1.77 bits per heavy atom. The lowest BCUT2D eigenvalue weighted by atomic mass is 10.0. The number of carbonyl (C=O) groups is 2. The molecule has 0 saturated heterocycles. The Morgan fingerprint density at radius 3 is 2.45 bits per heavy atom. The highest BCUT2D eigenvalue weighted by Gasteiger charge is 2.39. The molecule has 0 aliphatic carbocycles. The molecule has 6 nitrogen and oxygen atoms in total. The van der Waals surface area contributed by atoms with Crippen LogP contribution in [0.5, 0.6) is 5.75 Å². The molecule has 2 heterocycles. The van der Waals surface area contributed by atoms with Crippen LogP contribution in [0, 0.1) is 13.8 Å². The highest BCUT2D eigenvalue weighted by Crippen LogP contribution is 2.33. The van der Waals surface area contributed by atoms with Gasteiger partial charge in [0, 0.05) is 18.1 Å². The van der Waals surface area contributed by atoms with E-state index in [1.165, 1.54) is 4.90 Å². The summed E-state index contributed by atoms with van der Waals surface area (Å²) >= 11 is 0. The fourth-order valence-corrected chi connectivity index (χ4v) is 3.54. The number of ether oxygens (including phenoxy) is 1.